The van der Waals surface area contributed by atoms with Gasteiger partial charge < -0.3 is 30.6 Å². The largest absolute Gasteiger partial charge is 0.508 e. The molecule has 35 heavy (non-hydrogen) atoms. The number of furan rings is 1. The molecule has 0 radical (unpaired) electrons. The van der Waals surface area contributed by atoms with Crippen molar-refractivity contribution in [3.05, 3.63) is 58.8 Å². The maximum absolute atomic E-state index is 13.8. The molecule has 1 fully saturated rings. The number of carbonyl (C=O) groups is 3. The van der Waals surface area contributed by atoms with E-state index >= 15 is 0 Å². The minimum absolute atomic E-state index is 0.0340. The number of aliphatic hydroxyl groups is 3. The molecule has 3 aliphatic rings. The number of carbonyl (C=O) groups excluding carboxylic acids is 3. The number of likely N-dealkylation sites (N-methyl/N-ethyl adjacent to an activating group) is 1. The second-order valence-electron chi connectivity index (χ2n) is 9.46. The van der Waals surface area contributed by atoms with Gasteiger partial charge in [0, 0.05) is 17.1 Å². The summed E-state index contributed by atoms with van der Waals surface area (Å²) >= 11 is 0. The third-order valence-electron chi connectivity index (χ3n) is 7.44. The Balaban J connectivity index is 1.75. The Kier molecular flexibility index (Phi) is 4.94. The van der Waals surface area contributed by atoms with Crippen molar-refractivity contribution in [2.75, 3.05) is 14.1 Å². The number of amides is 1. The Bertz CT molecular complexity index is 1350. The maximum Gasteiger partial charge on any atom is 0.255 e. The van der Waals surface area contributed by atoms with Crippen LogP contribution < -0.4 is 5.73 Å². The molecule has 182 valence electrons. The van der Waals surface area contributed by atoms with Crippen molar-refractivity contribution < 1.29 is 39.2 Å². The van der Waals surface area contributed by atoms with Gasteiger partial charge in [0.05, 0.1) is 24.1 Å². The van der Waals surface area contributed by atoms with E-state index in [2.05, 4.69) is 0 Å². The first-order valence-corrected chi connectivity index (χ1v) is 11.0. The number of nitrogens with zero attached hydrogens (tertiary/aromatic N) is 1. The summed E-state index contributed by atoms with van der Waals surface area (Å²) in [6, 6.07) is 3.67. The van der Waals surface area contributed by atoms with E-state index in [-0.39, 0.29) is 29.7 Å². The summed E-state index contributed by atoms with van der Waals surface area (Å²) in [6.45, 7) is 0. The van der Waals surface area contributed by atoms with Crippen molar-refractivity contribution in [2.45, 2.75) is 24.5 Å². The topological polar surface area (TPSA) is 175 Å². The fraction of sp³-hybridized carbons (Fsp3) is 0.320. The first-order chi connectivity index (χ1) is 16.5. The third kappa shape index (κ3) is 2.93. The van der Waals surface area contributed by atoms with Crippen LogP contribution in [0.5, 0.6) is 5.75 Å². The van der Waals surface area contributed by atoms with E-state index in [1.807, 2.05) is 0 Å². The summed E-state index contributed by atoms with van der Waals surface area (Å²) in [5, 5.41) is 44.2. The van der Waals surface area contributed by atoms with E-state index in [1.54, 1.807) is 26.2 Å². The van der Waals surface area contributed by atoms with Crippen molar-refractivity contribution in [1.29, 1.82) is 0 Å². The van der Waals surface area contributed by atoms with Crippen LogP contribution in [0.4, 0.5) is 0 Å². The van der Waals surface area contributed by atoms with Gasteiger partial charge in [0.15, 0.2) is 11.4 Å². The van der Waals surface area contributed by atoms with E-state index in [1.165, 1.54) is 23.5 Å². The van der Waals surface area contributed by atoms with Gasteiger partial charge in [0.2, 0.25) is 5.78 Å². The molecule has 1 amide bonds. The number of fused-ring (bicyclic) bond motifs is 3. The average molecular weight is 480 g/mol. The van der Waals surface area contributed by atoms with Gasteiger partial charge in [-0.05, 0) is 56.1 Å². The molecule has 2 aromatic rings. The lowest BCUT2D eigenvalue weighted by Crippen LogP contribution is -2.65. The van der Waals surface area contributed by atoms with Crippen molar-refractivity contribution in [1.82, 2.24) is 4.90 Å². The lowest BCUT2D eigenvalue weighted by atomic mass is 9.57. The number of phenols is 1. The first kappa shape index (κ1) is 22.9. The Morgan fingerprint density at radius 1 is 1.17 bits per heavy atom. The number of hydrogen-bond donors (Lipinski definition) is 5. The number of benzene rings is 1. The van der Waals surface area contributed by atoms with Gasteiger partial charge in [-0.15, -0.1) is 0 Å². The SMILES string of the molecule is CN(C)[C@@H]1C(=O)C(C(N)=O)=C(O)[C@@]2(O)C(=O)C3=C(O)c4c(O)ccc(-c5ccoc5)c4C[C@H]3C[C@@H]12. The molecule has 0 saturated heterocycles. The molecule has 10 nitrogen and oxygen atoms in total. The zero-order valence-electron chi connectivity index (χ0n) is 19.0. The van der Waals surface area contributed by atoms with Gasteiger partial charge in [0.25, 0.3) is 5.91 Å². The average Bonchev–Trinajstić information content (AvgIpc) is 3.30. The number of aliphatic hydroxyl groups excluding tert-OH is 2. The predicted molar refractivity (Wildman–Crippen MR) is 122 cm³/mol. The molecule has 1 aromatic carbocycles. The van der Waals surface area contributed by atoms with Gasteiger partial charge >= 0.3 is 0 Å². The molecule has 0 unspecified atom stereocenters. The van der Waals surface area contributed by atoms with Crippen molar-refractivity contribution in [3.8, 4) is 16.9 Å². The summed E-state index contributed by atoms with van der Waals surface area (Å²) in [7, 11) is 3.12. The number of Topliss-reactive ketones (excluding diaryl/α,β-unsaturated/α-hetero) is 2. The zero-order valence-corrected chi connectivity index (χ0v) is 19.0. The molecule has 10 heteroatoms. The van der Waals surface area contributed by atoms with Gasteiger partial charge in [0.1, 0.15) is 22.8 Å². The van der Waals surface area contributed by atoms with Crippen LogP contribution in [0.2, 0.25) is 0 Å². The Labute approximate surface area is 199 Å². The molecular weight excluding hydrogens is 456 g/mol. The van der Waals surface area contributed by atoms with Crippen LogP contribution in [-0.2, 0) is 20.8 Å². The first-order valence-electron chi connectivity index (χ1n) is 11.0. The maximum atomic E-state index is 13.8. The minimum Gasteiger partial charge on any atom is -0.508 e. The number of aromatic hydroxyl groups is 1. The highest BCUT2D eigenvalue weighted by molar-refractivity contribution is 6.24. The molecule has 6 N–H and O–H groups in total. The fourth-order valence-corrected chi connectivity index (χ4v) is 5.93. The molecule has 5 rings (SSSR count). The molecule has 4 atom stereocenters. The second-order valence-corrected chi connectivity index (χ2v) is 9.46. The van der Waals surface area contributed by atoms with Crippen LogP contribution in [0.3, 0.4) is 0 Å². The minimum atomic E-state index is -2.65. The van der Waals surface area contributed by atoms with Gasteiger partial charge in [-0.2, -0.15) is 0 Å². The van der Waals surface area contributed by atoms with E-state index in [0.717, 1.165) is 0 Å². The lowest BCUT2D eigenvalue weighted by Gasteiger charge is -2.50. The van der Waals surface area contributed by atoms with Crippen molar-refractivity contribution in [3.63, 3.8) is 0 Å². The molecule has 0 aliphatic heterocycles. The third-order valence-corrected chi connectivity index (χ3v) is 7.44. The standard InChI is InChI=1S/C25H24N2O8/c1-27(2)19-14-8-11-7-13-12(10-5-6-35-9-10)3-4-15(28)17(13)20(29)16(11)22(31)25(14,34)23(32)18(21(19)30)24(26)33/h3-6,9,11,14,19,28-29,32,34H,7-8H2,1-2H3,(H2,26,33)/t11-,14-,19-,25-/m0/s1. The molecule has 3 aliphatic carbocycles. The number of hydrogen-bond acceptors (Lipinski definition) is 9. The Hall–Kier alpha value is -3.89. The number of primary amides is 1. The number of phenolic OH excluding ortho intramolecular Hbond substituents is 1. The number of nitrogens with two attached hydrogens (primary N) is 1. The van der Waals surface area contributed by atoms with E-state index in [0.29, 0.717) is 16.7 Å². The molecular formula is C25H24N2O8. The molecule has 1 aromatic heterocycles. The van der Waals surface area contributed by atoms with Crippen LogP contribution in [-0.4, -0.2) is 68.5 Å². The highest BCUT2D eigenvalue weighted by Crippen LogP contribution is 2.53. The van der Waals surface area contributed by atoms with Gasteiger partial charge in [-0.3, -0.25) is 19.3 Å². The quantitative estimate of drug-likeness (QED) is 0.405. The summed E-state index contributed by atoms with van der Waals surface area (Å²) in [6.07, 6.45) is 3.25. The Morgan fingerprint density at radius 2 is 1.89 bits per heavy atom. The van der Waals surface area contributed by atoms with Crippen LogP contribution >= 0.6 is 0 Å². The fourth-order valence-electron chi connectivity index (χ4n) is 5.93. The number of rotatable bonds is 3. The smallest absolute Gasteiger partial charge is 0.255 e. The van der Waals surface area contributed by atoms with Crippen LogP contribution in [0.1, 0.15) is 17.5 Å². The highest BCUT2D eigenvalue weighted by atomic mass is 16.3. The highest BCUT2D eigenvalue weighted by Gasteiger charge is 2.64. The molecule has 0 bridgehead atoms. The van der Waals surface area contributed by atoms with Crippen LogP contribution in [0.15, 0.2) is 52.0 Å². The Morgan fingerprint density at radius 3 is 2.49 bits per heavy atom. The number of ketones is 2. The normalized spacial score (nSPS) is 28.2. The zero-order chi connectivity index (χ0) is 25.4. The van der Waals surface area contributed by atoms with E-state index in [9.17, 15) is 34.8 Å². The van der Waals surface area contributed by atoms with Crippen molar-refractivity contribution >= 4 is 23.2 Å². The van der Waals surface area contributed by atoms with E-state index in [4.69, 9.17) is 10.2 Å². The lowest BCUT2D eigenvalue weighted by molar-refractivity contribution is -0.153. The van der Waals surface area contributed by atoms with Crippen LogP contribution in [0.25, 0.3) is 16.9 Å². The van der Waals surface area contributed by atoms with Crippen molar-refractivity contribution in [2.24, 2.45) is 17.6 Å². The second kappa shape index (κ2) is 7.56. The summed E-state index contributed by atoms with van der Waals surface area (Å²) in [5.41, 5.74) is 3.67. The van der Waals surface area contributed by atoms with Gasteiger partial charge in [-0.25, -0.2) is 0 Å². The summed E-state index contributed by atoms with van der Waals surface area (Å²) in [4.78, 5) is 40.4. The molecule has 1 heterocycles. The van der Waals surface area contributed by atoms with Crippen LogP contribution in [0, 0.1) is 11.8 Å². The summed E-state index contributed by atoms with van der Waals surface area (Å²) < 4.78 is 5.18. The summed E-state index contributed by atoms with van der Waals surface area (Å²) in [5.74, 6) is -6.73. The monoisotopic (exact) mass is 480 g/mol. The predicted octanol–water partition coefficient (Wildman–Crippen LogP) is 1.22. The molecule has 1 saturated carbocycles. The van der Waals surface area contributed by atoms with Gasteiger partial charge in [-0.1, -0.05) is 6.07 Å². The molecule has 0 spiro atoms. The van der Waals surface area contributed by atoms with E-state index < -0.39 is 58.0 Å².